The molecule has 112 valence electrons. The molecule has 20 heavy (non-hydrogen) atoms. The van der Waals surface area contributed by atoms with Crippen molar-refractivity contribution in [3.63, 3.8) is 0 Å². The van der Waals surface area contributed by atoms with Crippen LogP contribution >= 0.6 is 11.6 Å². The molecule has 1 aromatic carbocycles. The first kappa shape index (κ1) is 16.7. The number of aryl methyl sites for hydroxylation is 1. The predicted octanol–water partition coefficient (Wildman–Crippen LogP) is 4.66. The van der Waals surface area contributed by atoms with E-state index in [2.05, 4.69) is 0 Å². The second kappa shape index (κ2) is 4.91. The summed E-state index contributed by atoms with van der Waals surface area (Å²) in [6.45, 7) is 1.43. The van der Waals surface area contributed by atoms with Gasteiger partial charge < -0.3 is 0 Å². The molecule has 1 nitrogen and oxygen atoms in total. The standard InChI is InChI=1S/C11H6ClF7O/c1-5-2-3-6(4-7(5)12)8(20)9(13,14)10(15,16)11(17,18)19/h2-4H,1H3. The van der Waals surface area contributed by atoms with Crippen LogP contribution in [-0.4, -0.2) is 23.8 Å². The van der Waals surface area contributed by atoms with Gasteiger partial charge in [0.15, 0.2) is 0 Å². The van der Waals surface area contributed by atoms with E-state index in [4.69, 9.17) is 11.6 Å². The molecule has 1 aromatic rings. The van der Waals surface area contributed by atoms with Crippen LogP contribution in [0.3, 0.4) is 0 Å². The van der Waals surface area contributed by atoms with Gasteiger partial charge in [0.1, 0.15) is 0 Å². The Bertz CT molecular complexity index is 536. The van der Waals surface area contributed by atoms with E-state index < -0.39 is 29.4 Å². The molecule has 0 aromatic heterocycles. The Kier molecular flexibility index (Phi) is 4.11. The summed E-state index contributed by atoms with van der Waals surface area (Å²) in [4.78, 5) is 11.2. The van der Waals surface area contributed by atoms with E-state index in [0.29, 0.717) is 17.7 Å². The van der Waals surface area contributed by atoms with Crippen molar-refractivity contribution in [3.8, 4) is 0 Å². The number of carbonyl (C=O) groups excluding carboxylic acids is 1. The molecule has 0 amide bonds. The van der Waals surface area contributed by atoms with Gasteiger partial charge in [0.2, 0.25) is 5.78 Å². The maximum atomic E-state index is 13.1. The summed E-state index contributed by atoms with van der Waals surface area (Å²) in [5.74, 6) is -15.1. The number of alkyl halides is 7. The van der Waals surface area contributed by atoms with Gasteiger partial charge in [-0.2, -0.15) is 30.7 Å². The van der Waals surface area contributed by atoms with Crippen LogP contribution in [0.2, 0.25) is 5.02 Å². The first-order valence-corrected chi connectivity index (χ1v) is 5.33. The lowest BCUT2D eigenvalue weighted by molar-refractivity contribution is -0.339. The van der Waals surface area contributed by atoms with Crippen LogP contribution in [0.1, 0.15) is 15.9 Å². The molecule has 0 heterocycles. The summed E-state index contributed by atoms with van der Waals surface area (Å²) in [6.07, 6.45) is -6.55. The fraction of sp³-hybridized carbons (Fsp3) is 0.364. The second-order valence-corrected chi connectivity index (χ2v) is 4.35. The molecule has 0 saturated heterocycles. The maximum Gasteiger partial charge on any atom is 0.460 e. The Hall–Kier alpha value is -1.31. The summed E-state index contributed by atoms with van der Waals surface area (Å²) in [5.41, 5.74) is -0.691. The van der Waals surface area contributed by atoms with Crippen molar-refractivity contribution in [2.45, 2.75) is 24.9 Å². The number of ketones is 1. The van der Waals surface area contributed by atoms with E-state index in [1.54, 1.807) is 0 Å². The van der Waals surface area contributed by atoms with Crippen molar-refractivity contribution in [1.82, 2.24) is 0 Å². The SMILES string of the molecule is Cc1ccc(C(=O)C(F)(F)C(F)(F)C(F)(F)F)cc1Cl. The van der Waals surface area contributed by atoms with Crippen molar-refractivity contribution < 1.29 is 35.5 Å². The smallest absolute Gasteiger partial charge is 0.287 e. The van der Waals surface area contributed by atoms with Gasteiger partial charge >= 0.3 is 18.0 Å². The molecule has 0 spiro atoms. The van der Waals surface area contributed by atoms with Crippen molar-refractivity contribution in [1.29, 1.82) is 0 Å². The van der Waals surface area contributed by atoms with Crippen LogP contribution < -0.4 is 0 Å². The molecule has 0 fully saturated rings. The first-order chi connectivity index (χ1) is 8.82. The number of hydrogen-bond donors (Lipinski definition) is 0. The van der Waals surface area contributed by atoms with Crippen LogP contribution in [0, 0.1) is 6.92 Å². The second-order valence-electron chi connectivity index (χ2n) is 3.94. The number of Topliss-reactive ketones (excluding diaryl/α,β-unsaturated/α-hetero) is 1. The fourth-order valence-corrected chi connectivity index (χ4v) is 1.42. The number of hydrogen-bond acceptors (Lipinski definition) is 1. The summed E-state index contributed by atoms with van der Waals surface area (Å²) in [5, 5.41) is -0.207. The Labute approximate surface area is 113 Å². The van der Waals surface area contributed by atoms with Crippen LogP contribution in [0.5, 0.6) is 0 Å². The summed E-state index contributed by atoms with van der Waals surface area (Å²) in [6, 6.07) is 2.36. The van der Waals surface area contributed by atoms with Crippen molar-refractivity contribution in [2.24, 2.45) is 0 Å². The third-order valence-corrected chi connectivity index (χ3v) is 2.88. The van der Waals surface area contributed by atoms with Crippen LogP contribution in [-0.2, 0) is 0 Å². The zero-order valence-electron chi connectivity index (χ0n) is 9.66. The van der Waals surface area contributed by atoms with E-state index in [9.17, 15) is 35.5 Å². The molecule has 9 heteroatoms. The van der Waals surface area contributed by atoms with Gasteiger partial charge in [0, 0.05) is 10.6 Å². The minimum Gasteiger partial charge on any atom is -0.287 e. The molecular weight excluding hydrogens is 317 g/mol. The predicted molar refractivity (Wildman–Crippen MR) is 56.5 cm³/mol. The molecule has 0 saturated carbocycles. The molecule has 0 N–H and O–H groups in total. The molecule has 1 rings (SSSR count). The lowest BCUT2D eigenvalue weighted by atomic mass is 9.99. The Morgan fingerprint density at radius 3 is 1.95 bits per heavy atom. The molecule has 0 radical (unpaired) electrons. The van der Waals surface area contributed by atoms with Crippen LogP contribution in [0.15, 0.2) is 18.2 Å². The number of carbonyl (C=O) groups is 1. The zero-order chi connectivity index (χ0) is 15.9. The quantitative estimate of drug-likeness (QED) is 0.584. The molecule has 0 aliphatic carbocycles. The third-order valence-electron chi connectivity index (χ3n) is 2.47. The van der Waals surface area contributed by atoms with E-state index in [0.717, 1.165) is 6.07 Å². The van der Waals surface area contributed by atoms with E-state index in [1.165, 1.54) is 6.92 Å². The average molecular weight is 323 g/mol. The van der Waals surface area contributed by atoms with Crippen molar-refractivity contribution >= 4 is 17.4 Å². The lowest BCUT2D eigenvalue weighted by Gasteiger charge is -2.27. The Morgan fingerprint density at radius 2 is 1.55 bits per heavy atom. The van der Waals surface area contributed by atoms with Crippen LogP contribution in [0.4, 0.5) is 30.7 Å². The molecule has 0 unspecified atom stereocenters. The highest BCUT2D eigenvalue weighted by Gasteiger charge is 2.76. The summed E-state index contributed by atoms with van der Waals surface area (Å²) < 4.78 is 87.5. The maximum absolute atomic E-state index is 13.1. The highest BCUT2D eigenvalue weighted by Crippen LogP contribution is 2.47. The fourth-order valence-electron chi connectivity index (χ4n) is 1.24. The van der Waals surface area contributed by atoms with Gasteiger partial charge in [-0.25, -0.2) is 0 Å². The van der Waals surface area contributed by atoms with Gasteiger partial charge in [-0.3, -0.25) is 4.79 Å². The van der Waals surface area contributed by atoms with E-state index in [-0.39, 0.29) is 5.02 Å². The third kappa shape index (κ3) is 2.61. The molecule has 0 atom stereocenters. The Morgan fingerprint density at radius 1 is 1.05 bits per heavy atom. The lowest BCUT2D eigenvalue weighted by Crippen LogP contribution is -2.56. The molecule has 0 aliphatic heterocycles. The molecule has 0 bridgehead atoms. The summed E-state index contributed by atoms with van der Waals surface area (Å²) >= 11 is 5.51. The van der Waals surface area contributed by atoms with Crippen molar-refractivity contribution in [2.75, 3.05) is 0 Å². The highest BCUT2D eigenvalue weighted by atomic mass is 35.5. The highest BCUT2D eigenvalue weighted by molar-refractivity contribution is 6.31. The van der Waals surface area contributed by atoms with Crippen LogP contribution in [0.25, 0.3) is 0 Å². The van der Waals surface area contributed by atoms with Gasteiger partial charge in [0.25, 0.3) is 0 Å². The monoisotopic (exact) mass is 322 g/mol. The van der Waals surface area contributed by atoms with Gasteiger partial charge in [-0.05, 0) is 18.6 Å². The average Bonchev–Trinajstić information content (AvgIpc) is 2.30. The topological polar surface area (TPSA) is 17.1 Å². The van der Waals surface area contributed by atoms with Crippen molar-refractivity contribution in [3.05, 3.63) is 34.3 Å². The van der Waals surface area contributed by atoms with E-state index >= 15 is 0 Å². The number of halogens is 8. The number of benzene rings is 1. The van der Waals surface area contributed by atoms with Gasteiger partial charge in [0.05, 0.1) is 0 Å². The van der Waals surface area contributed by atoms with Gasteiger partial charge in [-0.15, -0.1) is 0 Å². The summed E-state index contributed by atoms with van der Waals surface area (Å²) in [7, 11) is 0. The largest absolute Gasteiger partial charge is 0.460 e. The first-order valence-electron chi connectivity index (χ1n) is 4.95. The minimum atomic E-state index is -6.55. The minimum absolute atomic E-state index is 0.207. The zero-order valence-corrected chi connectivity index (χ0v) is 10.4. The Balaban J connectivity index is 3.28. The van der Waals surface area contributed by atoms with Gasteiger partial charge in [-0.1, -0.05) is 23.7 Å². The molecule has 0 aliphatic rings. The van der Waals surface area contributed by atoms with E-state index in [1.807, 2.05) is 0 Å². The molecular formula is C11H6ClF7O. The normalized spacial score (nSPS) is 13.4. The number of rotatable bonds is 3.